The van der Waals surface area contributed by atoms with Crippen molar-refractivity contribution in [2.24, 2.45) is 5.92 Å². The number of aryl methyl sites for hydroxylation is 1. The number of para-hydroxylation sites is 1. The van der Waals surface area contributed by atoms with Crippen LogP contribution in [0.5, 0.6) is 0 Å². The van der Waals surface area contributed by atoms with Crippen molar-refractivity contribution in [3.8, 4) is 6.07 Å². The molecule has 0 radical (unpaired) electrons. The number of aromatic nitrogens is 1. The summed E-state index contributed by atoms with van der Waals surface area (Å²) in [5.41, 5.74) is 3.28. The predicted octanol–water partition coefficient (Wildman–Crippen LogP) is 3.28. The summed E-state index contributed by atoms with van der Waals surface area (Å²) in [6.07, 6.45) is 0.992. The van der Waals surface area contributed by atoms with Crippen molar-refractivity contribution in [1.82, 2.24) is 4.98 Å². The van der Waals surface area contributed by atoms with E-state index in [2.05, 4.69) is 37.0 Å². The molecular weight excluding hydrogens is 196 g/mol. The van der Waals surface area contributed by atoms with E-state index in [0.29, 0.717) is 5.92 Å². The van der Waals surface area contributed by atoms with E-state index in [0.717, 1.165) is 17.6 Å². The molecule has 2 unspecified atom stereocenters. The van der Waals surface area contributed by atoms with Gasteiger partial charge >= 0.3 is 0 Å². The maximum Gasteiger partial charge on any atom is 0.0874 e. The van der Waals surface area contributed by atoms with Crippen LogP contribution in [-0.2, 0) is 5.41 Å². The van der Waals surface area contributed by atoms with Crippen LogP contribution in [0.25, 0.3) is 10.9 Å². The fourth-order valence-electron chi connectivity index (χ4n) is 2.84. The Labute approximate surface area is 94.9 Å². The van der Waals surface area contributed by atoms with Gasteiger partial charge in [0.05, 0.1) is 11.5 Å². The Hall–Kier alpha value is -1.75. The molecule has 0 spiro atoms. The van der Waals surface area contributed by atoms with Crippen molar-refractivity contribution in [2.75, 3.05) is 0 Å². The lowest BCUT2D eigenvalue weighted by molar-refractivity contribution is 0.791. The zero-order valence-electron chi connectivity index (χ0n) is 9.54. The van der Waals surface area contributed by atoms with E-state index in [1.165, 1.54) is 10.9 Å². The maximum atomic E-state index is 9.42. The fraction of sp³-hybridized carbons (Fsp3) is 0.357. The average Bonchev–Trinajstić information content (AvgIpc) is 2.81. The van der Waals surface area contributed by atoms with Gasteiger partial charge in [-0.25, -0.2) is 0 Å². The Morgan fingerprint density at radius 1 is 1.44 bits per heavy atom. The number of nitriles is 1. The monoisotopic (exact) mass is 210 g/mol. The predicted molar refractivity (Wildman–Crippen MR) is 64.1 cm³/mol. The highest BCUT2D eigenvalue weighted by molar-refractivity contribution is 5.87. The zero-order chi connectivity index (χ0) is 11.3. The van der Waals surface area contributed by atoms with Gasteiger partial charge in [-0.3, -0.25) is 0 Å². The second kappa shape index (κ2) is 2.89. The second-order valence-corrected chi connectivity index (χ2v) is 4.86. The van der Waals surface area contributed by atoms with Crippen LogP contribution in [0.1, 0.15) is 24.6 Å². The zero-order valence-corrected chi connectivity index (χ0v) is 9.54. The summed E-state index contributed by atoms with van der Waals surface area (Å²) in [4.78, 5) is 3.38. The first kappa shape index (κ1) is 9.47. The number of hydrogen-bond acceptors (Lipinski definition) is 1. The standard InChI is InChI=1S/C14H14N2/c1-9-7-14(9,8-15)13-10(2)16-12-6-4-3-5-11(12)13/h3-6,9,16H,7H2,1-2H3. The lowest BCUT2D eigenvalue weighted by Crippen LogP contribution is -2.06. The van der Waals surface area contributed by atoms with Crippen LogP contribution in [0, 0.1) is 24.2 Å². The van der Waals surface area contributed by atoms with Crippen LogP contribution in [0.3, 0.4) is 0 Å². The number of aromatic amines is 1. The van der Waals surface area contributed by atoms with Gasteiger partial charge in [-0.2, -0.15) is 5.26 Å². The van der Waals surface area contributed by atoms with Crippen LogP contribution in [-0.4, -0.2) is 4.98 Å². The van der Waals surface area contributed by atoms with E-state index in [-0.39, 0.29) is 5.41 Å². The van der Waals surface area contributed by atoms with Gasteiger partial charge in [0.15, 0.2) is 0 Å². The molecule has 2 heteroatoms. The number of hydrogen-bond donors (Lipinski definition) is 1. The molecule has 16 heavy (non-hydrogen) atoms. The first-order valence-electron chi connectivity index (χ1n) is 5.68. The summed E-state index contributed by atoms with van der Waals surface area (Å²) in [6, 6.07) is 10.8. The van der Waals surface area contributed by atoms with E-state index < -0.39 is 0 Å². The van der Waals surface area contributed by atoms with Crippen LogP contribution in [0.2, 0.25) is 0 Å². The maximum absolute atomic E-state index is 9.42. The third-order valence-corrected chi connectivity index (χ3v) is 3.85. The summed E-state index contributed by atoms with van der Waals surface area (Å²) in [5.74, 6) is 0.482. The topological polar surface area (TPSA) is 39.6 Å². The molecule has 2 nitrogen and oxygen atoms in total. The molecule has 1 fully saturated rings. The van der Waals surface area contributed by atoms with E-state index >= 15 is 0 Å². The molecule has 1 aromatic carbocycles. The van der Waals surface area contributed by atoms with E-state index in [1.54, 1.807) is 0 Å². The van der Waals surface area contributed by atoms with E-state index in [4.69, 9.17) is 0 Å². The van der Waals surface area contributed by atoms with Gasteiger partial charge in [0.25, 0.3) is 0 Å². The Morgan fingerprint density at radius 3 is 2.75 bits per heavy atom. The third-order valence-electron chi connectivity index (χ3n) is 3.85. The van der Waals surface area contributed by atoms with Crippen molar-refractivity contribution >= 4 is 10.9 Å². The van der Waals surface area contributed by atoms with Gasteiger partial charge in [-0.05, 0) is 25.3 Å². The summed E-state index contributed by atoms with van der Waals surface area (Å²) in [6.45, 7) is 4.23. The molecule has 1 aliphatic rings. The Kier molecular flexibility index (Phi) is 1.71. The van der Waals surface area contributed by atoms with Gasteiger partial charge in [0.1, 0.15) is 0 Å². The molecule has 1 heterocycles. The molecule has 1 aliphatic carbocycles. The summed E-state index contributed by atoms with van der Waals surface area (Å²) >= 11 is 0. The minimum Gasteiger partial charge on any atom is -0.358 e. The highest BCUT2D eigenvalue weighted by atomic mass is 14.7. The number of H-pyrrole nitrogens is 1. The van der Waals surface area contributed by atoms with Crippen LogP contribution < -0.4 is 0 Å². The van der Waals surface area contributed by atoms with Crippen molar-refractivity contribution in [2.45, 2.75) is 25.7 Å². The smallest absolute Gasteiger partial charge is 0.0874 e. The van der Waals surface area contributed by atoms with E-state index in [1.807, 2.05) is 12.1 Å². The summed E-state index contributed by atoms with van der Waals surface area (Å²) in [5, 5.41) is 10.6. The van der Waals surface area contributed by atoms with Crippen LogP contribution in [0.4, 0.5) is 0 Å². The minimum atomic E-state index is -0.232. The quantitative estimate of drug-likeness (QED) is 0.770. The molecule has 1 N–H and O–H groups in total. The molecule has 2 atom stereocenters. The number of rotatable bonds is 1. The molecule has 1 saturated carbocycles. The molecular formula is C14H14N2. The number of nitrogens with zero attached hydrogens (tertiary/aromatic N) is 1. The van der Waals surface area contributed by atoms with Crippen molar-refractivity contribution in [3.63, 3.8) is 0 Å². The fourth-order valence-corrected chi connectivity index (χ4v) is 2.84. The van der Waals surface area contributed by atoms with Crippen molar-refractivity contribution in [3.05, 3.63) is 35.5 Å². The Morgan fingerprint density at radius 2 is 2.12 bits per heavy atom. The number of nitrogens with one attached hydrogen (secondary N) is 1. The normalized spacial score (nSPS) is 27.9. The Balaban J connectivity index is 2.32. The van der Waals surface area contributed by atoms with Crippen molar-refractivity contribution in [1.29, 1.82) is 5.26 Å². The highest BCUT2D eigenvalue weighted by Gasteiger charge is 2.55. The lowest BCUT2D eigenvalue weighted by atomic mass is 9.92. The van der Waals surface area contributed by atoms with Gasteiger partial charge < -0.3 is 4.98 Å². The van der Waals surface area contributed by atoms with E-state index in [9.17, 15) is 5.26 Å². The highest BCUT2D eigenvalue weighted by Crippen LogP contribution is 2.56. The molecule has 0 aliphatic heterocycles. The first-order chi connectivity index (χ1) is 7.69. The summed E-state index contributed by atoms with van der Waals surface area (Å²) < 4.78 is 0. The molecule has 0 saturated heterocycles. The van der Waals surface area contributed by atoms with Crippen LogP contribution in [0.15, 0.2) is 24.3 Å². The lowest BCUT2D eigenvalue weighted by Gasteiger charge is -2.07. The third kappa shape index (κ3) is 1.01. The molecule has 0 bridgehead atoms. The van der Waals surface area contributed by atoms with Crippen molar-refractivity contribution < 1.29 is 0 Å². The van der Waals surface area contributed by atoms with Gasteiger partial charge in [0, 0.05) is 22.2 Å². The molecule has 2 aromatic rings. The van der Waals surface area contributed by atoms with Gasteiger partial charge in [-0.1, -0.05) is 25.1 Å². The molecule has 3 rings (SSSR count). The number of benzene rings is 1. The second-order valence-electron chi connectivity index (χ2n) is 4.86. The summed E-state index contributed by atoms with van der Waals surface area (Å²) in [7, 11) is 0. The van der Waals surface area contributed by atoms with Crippen LogP contribution >= 0.6 is 0 Å². The Bertz CT molecular complexity index is 603. The van der Waals surface area contributed by atoms with Gasteiger partial charge in [0.2, 0.25) is 0 Å². The SMILES string of the molecule is Cc1[nH]c2ccccc2c1C1(C#N)CC1C. The van der Waals surface area contributed by atoms with Gasteiger partial charge in [-0.15, -0.1) is 0 Å². The molecule has 1 aromatic heterocycles. The molecule has 0 amide bonds. The first-order valence-corrected chi connectivity index (χ1v) is 5.68. The number of fused-ring (bicyclic) bond motifs is 1. The average molecular weight is 210 g/mol. The largest absolute Gasteiger partial charge is 0.358 e. The minimum absolute atomic E-state index is 0.232. The molecule has 80 valence electrons.